The fourth-order valence-electron chi connectivity index (χ4n) is 2.12. The first-order chi connectivity index (χ1) is 8.26. The highest BCUT2D eigenvalue weighted by atomic mass is 16.3. The van der Waals surface area contributed by atoms with Crippen LogP contribution in [-0.4, -0.2) is 16.3 Å². The minimum atomic E-state index is 0.169. The zero-order valence-corrected chi connectivity index (χ0v) is 10.6. The van der Waals surface area contributed by atoms with Crippen LogP contribution < -0.4 is 5.32 Å². The molecular weight excluding hydrogens is 214 g/mol. The van der Waals surface area contributed by atoms with E-state index in [1.165, 1.54) is 5.56 Å². The molecule has 0 saturated carbocycles. The minimum Gasteiger partial charge on any atom is -0.472 e. The van der Waals surface area contributed by atoms with Crippen molar-refractivity contribution < 1.29 is 4.42 Å². The highest BCUT2D eigenvalue weighted by Gasteiger charge is 2.19. The highest BCUT2D eigenvalue weighted by Crippen LogP contribution is 2.25. The molecule has 2 heterocycles. The van der Waals surface area contributed by atoms with Crippen LogP contribution in [0.25, 0.3) is 0 Å². The van der Waals surface area contributed by atoms with Crippen LogP contribution in [0.2, 0.25) is 0 Å². The van der Waals surface area contributed by atoms with Crippen LogP contribution in [0.3, 0.4) is 0 Å². The number of furan rings is 1. The van der Waals surface area contributed by atoms with Crippen molar-refractivity contribution in [3.8, 4) is 0 Å². The molecule has 0 saturated heterocycles. The van der Waals surface area contributed by atoms with Gasteiger partial charge in [-0.05, 0) is 19.0 Å². The van der Waals surface area contributed by atoms with Crippen LogP contribution in [0.4, 0.5) is 0 Å². The molecule has 0 fully saturated rings. The first kappa shape index (κ1) is 11.9. The Balaban J connectivity index is 2.38. The summed E-state index contributed by atoms with van der Waals surface area (Å²) in [6.45, 7) is 5.15. The summed E-state index contributed by atoms with van der Waals surface area (Å²) in [7, 11) is 1.96. The zero-order valence-electron chi connectivity index (χ0n) is 10.6. The maximum atomic E-state index is 5.18. The predicted molar refractivity (Wildman–Crippen MR) is 66.8 cm³/mol. The van der Waals surface area contributed by atoms with Gasteiger partial charge in [0.2, 0.25) is 0 Å². The van der Waals surface area contributed by atoms with Crippen molar-refractivity contribution in [3.05, 3.63) is 41.6 Å². The van der Waals surface area contributed by atoms with E-state index in [9.17, 15) is 0 Å². The summed E-state index contributed by atoms with van der Waals surface area (Å²) in [6.07, 6.45) is 6.52. The minimum absolute atomic E-state index is 0.169. The molecule has 1 unspecified atom stereocenters. The summed E-state index contributed by atoms with van der Waals surface area (Å²) in [6, 6.07) is 2.17. The zero-order chi connectivity index (χ0) is 12.3. The van der Waals surface area contributed by atoms with Gasteiger partial charge in [0.05, 0.1) is 24.3 Å². The van der Waals surface area contributed by atoms with Gasteiger partial charge in [0.25, 0.3) is 0 Å². The molecule has 0 radical (unpaired) electrons. The van der Waals surface area contributed by atoms with E-state index in [-0.39, 0.29) is 6.04 Å². The Labute approximate surface area is 102 Å². The third kappa shape index (κ3) is 2.42. The van der Waals surface area contributed by atoms with Crippen molar-refractivity contribution in [2.75, 3.05) is 6.54 Å². The maximum Gasteiger partial charge on any atom is 0.0953 e. The van der Waals surface area contributed by atoms with Crippen molar-refractivity contribution in [2.24, 2.45) is 7.05 Å². The number of aromatic nitrogens is 2. The third-order valence-electron chi connectivity index (χ3n) is 2.87. The molecule has 0 aliphatic carbocycles. The molecule has 0 amide bonds. The van der Waals surface area contributed by atoms with E-state index in [0.717, 1.165) is 24.2 Å². The molecule has 2 aromatic rings. The molecule has 17 heavy (non-hydrogen) atoms. The van der Waals surface area contributed by atoms with Gasteiger partial charge >= 0.3 is 0 Å². The predicted octanol–water partition coefficient (Wildman–Crippen LogP) is 2.27. The molecule has 0 bridgehead atoms. The van der Waals surface area contributed by atoms with Crippen LogP contribution in [0.1, 0.15) is 36.7 Å². The van der Waals surface area contributed by atoms with Crippen molar-refractivity contribution in [3.63, 3.8) is 0 Å². The van der Waals surface area contributed by atoms with Crippen LogP contribution >= 0.6 is 0 Å². The second-order valence-electron chi connectivity index (χ2n) is 4.11. The summed E-state index contributed by atoms with van der Waals surface area (Å²) < 4.78 is 7.05. The molecule has 2 aromatic heterocycles. The average Bonchev–Trinajstić information content (AvgIpc) is 2.94. The van der Waals surface area contributed by atoms with Crippen molar-refractivity contribution in [1.29, 1.82) is 0 Å². The first-order valence-electron chi connectivity index (χ1n) is 6.04. The summed E-state index contributed by atoms with van der Waals surface area (Å²) in [5.41, 5.74) is 3.52. The molecule has 4 nitrogen and oxygen atoms in total. The molecule has 0 aliphatic heterocycles. The van der Waals surface area contributed by atoms with Gasteiger partial charge in [-0.3, -0.25) is 4.68 Å². The number of hydrogen-bond donors (Lipinski definition) is 1. The Kier molecular flexibility index (Phi) is 3.64. The Morgan fingerprint density at radius 3 is 2.88 bits per heavy atom. The van der Waals surface area contributed by atoms with Gasteiger partial charge < -0.3 is 9.73 Å². The Bertz CT molecular complexity index is 459. The van der Waals surface area contributed by atoms with Crippen molar-refractivity contribution >= 4 is 0 Å². The van der Waals surface area contributed by atoms with E-state index in [1.54, 1.807) is 12.5 Å². The molecule has 92 valence electrons. The molecule has 1 N–H and O–H groups in total. The van der Waals surface area contributed by atoms with Gasteiger partial charge in [-0.2, -0.15) is 5.10 Å². The highest BCUT2D eigenvalue weighted by molar-refractivity contribution is 5.31. The van der Waals surface area contributed by atoms with E-state index in [4.69, 9.17) is 4.42 Å². The van der Waals surface area contributed by atoms with Gasteiger partial charge in [0.15, 0.2) is 0 Å². The first-order valence-corrected chi connectivity index (χ1v) is 6.04. The van der Waals surface area contributed by atoms with E-state index in [2.05, 4.69) is 30.5 Å². The van der Waals surface area contributed by atoms with Crippen LogP contribution in [0.5, 0.6) is 0 Å². The third-order valence-corrected chi connectivity index (χ3v) is 2.87. The van der Waals surface area contributed by atoms with E-state index in [0.29, 0.717) is 0 Å². The van der Waals surface area contributed by atoms with Gasteiger partial charge in [-0.1, -0.05) is 13.8 Å². The summed E-state index contributed by atoms with van der Waals surface area (Å²) >= 11 is 0. The number of rotatable bonds is 5. The van der Waals surface area contributed by atoms with Gasteiger partial charge in [0, 0.05) is 24.4 Å². The maximum absolute atomic E-state index is 5.18. The van der Waals surface area contributed by atoms with Gasteiger partial charge in [-0.15, -0.1) is 0 Å². The van der Waals surface area contributed by atoms with Crippen molar-refractivity contribution in [2.45, 2.75) is 26.3 Å². The monoisotopic (exact) mass is 233 g/mol. The van der Waals surface area contributed by atoms with Gasteiger partial charge in [0.1, 0.15) is 0 Å². The number of nitrogens with one attached hydrogen (secondary N) is 1. The Hall–Kier alpha value is -1.55. The number of hydrogen-bond acceptors (Lipinski definition) is 3. The lowest BCUT2D eigenvalue weighted by Gasteiger charge is -2.16. The lowest BCUT2D eigenvalue weighted by Crippen LogP contribution is -2.22. The quantitative estimate of drug-likeness (QED) is 0.861. The molecule has 2 rings (SSSR count). The Morgan fingerprint density at radius 2 is 2.29 bits per heavy atom. The standard InChI is InChI=1S/C13H19N3O/c1-4-12-11(8-16(3)15-12)13(14-5-2)10-6-7-17-9-10/h6-9,13-14H,4-5H2,1-3H3. The molecule has 4 heteroatoms. The number of nitrogens with zero attached hydrogens (tertiary/aromatic N) is 2. The SMILES string of the molecule is CCNC(c1ccoc1)c1cn(C)nc1CC. The largest absolute Gasteiger partial charge is 0.472 e. The van der Waals surface area contributed by atoms with Crippen LogP contribution in [0.15, 0.2) is 29.2 Å². The molecular formula is C13H19N3O. The fraction of sp³-hybridized carbons (Fsp3) is 0.462. The molecule has 0 aliphatic rings. The summed E-state index contributed by atoms with van der Waals surface area (Å²) in [5.74, 6) is 0. The van der Waals surface area contributed by atoms with Gasteiger partial charge in [-0.25, -0.2) is 0 Å². The average molecular weight is 233 g/mol. The van der Waals surface area contributed by atoms with Crippen LogP contribution in [-0.2, 0) is 13.5 Å². The Morgan fingerprint density at radius 1 is 1.47 bits per heavy atom. The second-order valence-corrected chi connectivity index (χ2v) is 4.11. The fourth-order valence-corrected chi connectivity index (χ4v) is 2.12. The summed E-state index contributed by atoms with van der Waals surface area (Å²) in [5, 5.41) is 7.96. The van der Waals surface area contributed by atoms with E-state index >= 15 is 0 Å². The normalized spacial score (nSPS) is 12.9. The molecule has 0 aromatic carbocycles. The lowest BCUT2D eigenvalue weighted by atomic mass is 10.0. The second kappa shape index (κ2) is 5.19. The van der Waals surface area contributed by atoms with Crippen molar-refractivity contribution in [1.82, 2.24) is 15.1 Å². The summed E-state index contributed by atoms with van der Waals surface area (Å²) in [4.78, 5) is 0. The van der Waals surface area contributed by atoms with Crippen LogP contribution in [0, 0.1) is 0 Å². The topological polar surface area (TPSA) is 43.0 Å². The smallest absolute Gasteiger partial charge is 0.0953 e. The number of aryl methyl sites for hydroxylation is 2. The van der Waals surface area contributed by atoms with E-state index < -0.39 is 0 Å². The van der Waals surface area contributed by atoms with E-state index in [1.807, 2.05) is 17.8 Å². The molecule has 1 atom stereocenters. The molecule has 0 spiro atoms. The lowest BCUT2D eigenvalue weighted by molar-refractivity contribution is 0.552.